The zero-order valence-corrected chi connectivity index (χ0v) is 14.4. The molecule has 0 aromatic carbocycles. The summed E-state index contributed by atoms with van der Waals surface area (Å²) in [5, 5.41) is 4.28. The van der Waals surface area contributed by atoms with Crippen LogP contribution in [-0.2, 0) is 4.79 Å². The Balaban J connectivity index is 1.67. The molecule has 21 heavy (non-hydrogen) atoms. The number of carbonyl (C=O) groups excluding carboxylic acids is 1. The van der Waals surface area contributed by atoms with Crippen molar-refractivity contribution in [3.63, 3.8) is 0 Å². The molecule has 1 aliphatic heterocycles. The number of amides is 1. The van der Waals surface area contributed by atoms with Crippen molar-refractivity contribution in [3.8, 4) is 0 Å². The number of thioether (sulfide) groups is 1. The van der Waals surface area contributed by atoms with E-state index in [1.807, 2.05) is 0 Å². The van der Waals surface area contributed by atoms with Crippen molar-refractivity contribution in [2.45, 2.75) is 63.2 Å². The summed E-state index contributed by atoms with van der Waals surface area (Å²) in [7, 11) is 2.07. The molecule has 1 heterocycles. The Bertz CT molecular complexity index is 389. The van der Waals surface area contributed by atoms with Crippen LogP contribution in [0.25, 0.3) is 0 Å². The number of hydrogen-bond acceptors (Lipinski definition) is 3. The number of carbonyl (C=O) groups is 1. The molecule has 0 bridgehead atoms. The van der Waals surface area contributed by atoms with Crippen LogP contribution in [0.1, 0.15) is 51.9 Å². The molecule has 2 saturated carbocycles. The van der Waals surface area contributed by atoms with Gasteiger partial charge in [0, 0.05) is 24.9 Å². The Labute approximate surface area is 133 Å². The molecule has 2 aliphatic carbocycles. The largest absolute Gasteiger partial charge is 0.342 e. The number of nitrogens with one attached hydrogen (secondary N) is 1. The maximum atomic E-state index is 13.2. The first-order valence-corrected chi connectivity index (χ1v) is 9.82. The van der Waals surface area contributed by atoms with Gasteiger partial charge in [0.25, 0.3) is 0 Å². The van der Waals surface area contributed by atoms with Gasteiger partial charge in [-0.05, 0) is 50.3 Å². The summed E-state index contributed by atoms with van der Waals surface area (Å²) in [6.07, 6.45) is 8.58. The fraction of sp³-hybridized carbons (Fsp3) is 0.941. The Kier molecular flexibility index (Phi) is 4.84. The lowest BCUT2D eigenvalue weighted by atomic mass is 9.67. The maximum Gasteiger partial charge on any atom is 0.230 e. The standard InChI is InChI=1S/C17H30N2OS/c1-3-21-15-8-7-14(10-15)19(2)16(20)17-9-5-4-6-13(17)11-18-12-17/h13-15,18H,3-12H2,1-2H3/t13-,14?,15?,17+/m0/s1. The Morgan fingerprint density at radius 2 is 2.19 bits per heavy atom. The summed E-state index contributed by atoms with van der Waals surface area (Å²) in [6, 6.07) is 0.485. The molecule has 2 unspecified atom stereocenters. The van der Waals surface area contributed by atoms with Crippen molar-refractivity contribution in [3.05, 3.63) is 0 Å². The van der Waals surface area contributed by atoms with Crippen LogP contribution in [0.15, 0.2) is 0 Å². The third-order valence-electron chi connectivity index (χ3n) is 6.09. The topological polar surface area (TPSA) is 32.3 Å². The van der Waals surface area contributed by atoms with Gasteiger partial charge < -0.3 is 10.2 Å². The molecule has 0 aromatic rings. The van der Waals surface area contributed by atoms with Crippen molar-refractivity contribution in [1.29, 1.82) is 0 Å². The predicted molar refractivity (Wildman–Crippen MR) is 89.6 cm³/mol. The second-order valence-electron chi connectivity index (χ2n) is 7.19. The van der Waals surface area contributed by atoms with Gasteiger partial charge in [0.2, 0.25) is 5.91 Å². The van der Waals surface area contributed by atoms with E-state index >= 15 is 0 Å². The minimum atomic E-state index is -0.0665. The average molecular weight is 311 g/mol. The molecular formula is C17H30N2OS. The molecule has 3 fully saturated rings. The first kappa shape index (κ1) is 15.7. The lowest BCUT2D eigenvalue weighted by Crippen LogP contribution is -2.51. The smallest absolute Gasteiger partial charge is 0.230 e. The molecule has 1 N–H and O–H groups in total. The molecule has 3 aliphatic rings. The maximum absolute atomic E-state index is 13.2. The van der Waals surface area contributed by atoms with E-state index in [1.165, 1.54) is 44.3 Å². The van der Waals surface area contributed by atoms with E-state index in [0.717, 1.165) is 24.8 Å². The van der Waals surface area contributed by atoms with Crippen LogP contribution in [0, 0.1) is 11.3 Å². The Morgan fingerprint density at radius 3 is 3.00 bits per heavy atom. The van der Waals surface area contributed by atoms with Gasteiger partial charge in [-0.3, -0.25) is 4.79 Å². The Hall–Kier alpha value is -0.220. The number of rotatable bonds is 4. The van der Waals surface area contributed by atoms with E-state index in [1.54, 1.807) is 0 Å². The molecule has 4 heteroatoms. The van der Waals surface area contributed by atoms with Crippen molar-refractivity contribution in [2.24, 2.45) is 11.3 Å². The molecule has 0 spiro atoms. The van der Waals surface area contributed by atoms with Crippen LogP contribution in [0.2, 0.25) is 0 Å². The van der Waals surface area contributed by atoms with Gasteiger partial charge in [-0.1, -0.05) is 19.8 Å². The first-order valence-electron chi connectivity index (χ1n) is 8.77. The summed E-state index contributed by atoms with van der Waals surface area (Å²) in [5.74, 6) is 2.23. The second kappa shape index (κ2) is 6.49. The van der Waals surface area contributed by atoms with Crippen molar-refractivity contribution in [1.82, 2.24) is 10.2 Å². The highest BCUT2D eigenvalue weighted by Gasteiger charge is 2.51. The van der Waals surface area contributed by atoms with E-state index in [-0.39, 0.29) is 5.41 Å². The Morgan fingerprint density at radius 1 is 1.33 bits per heavy atom. The zero-order chi connectivity index (χ0) is 14.9. The lowest BCUT2D eigenvalue weighted by molar-refractivity contribution is -0.146. The summed E-state index contributed by atoms with van der Waals surface area (Å²) in [4.78, 5) is 15.4. The monoisotopic (exact) mass is 310 g/mol. The van der Waals surface area contributed by atoms with Gasteiger partial charge >= 0.3 is 0 Å². The predicted octanol–water partition coefficient (Wildman–Crippen LogP) is 2.90. The van der Waals surface area contributed by atoms with E-state index in [0.29, 0.717) is 17.9 Å². The molecule has 120 valence electrons. The van der Waals surface area contributed by atoms with Crippen LogP contribution in [0.5, 0.6) is 0 Å². The first-order chi connectivity index (χ1) is 10.2. The van der Waals surface area contributed by atoms with Crippen molar-refractivity contribution < 1.29 is 4.79 Å². The lowest BCUT2D eigenvalue weighted by Gasteiger charge is -2.41. The SMILES string of the molecule is CCSC1CCC(N(C)C(=O)[C@@]23CCCC[C@H]2CNC3)C1. The highest BCUT2D eigenvalue weighted by Crippen LogP contribution is 2.46. The number of hydrogen-bond donors (Lipinski definition) is 1. The summed E-state index contributed by atoms with van der Waals surface area (Å²) in [6.45, 7) is 4.21. The number of fused-ring (bicyclic) bond motifs is 1. The minimum Gasteiger partial charge on any atom is -0.342 e. The quantitative estimate of drug-likeness (QED) is 0.866. The van der Waals surface area contributed by atoms with Crippen molar-refractivity contribution >= 4 is 17.7 Å². The second-order valence-corrected chi connectivity index (χ2v) is 8.77. The fourth-order valence-corrected chi connectivity index (χ4v) is 5.97. The van der Waals surface area contributed by atoms with Gasteiger partial charge in [0.15, 0.2) is 0 Å². The molecule has 1 saturated heterocycles. The minimum absolute atomic E-state index is 0.0665. The van der Waals surface area contributed by atoms with Gasteiger partial charge in [-0.2, -0.15) is 11.8 Å². The highest BCUT2D eigenvalue weighted by molar-refractivity contribution is 7.99. The van der Waals surface area contributed by atoms with Gasteiger partial charge in [-0.15, -0.1) is 0 Å². The molecular weight excluding hydrogens is 280 g/mol. The van der Waals surface area contributed by atoms with Crippen LogP contribution in [0.4, 0.5) is 0 Å². The molecule has 3 rings (SSSR count). The van der Waals surface area contributed by atoms with E-state index in [2.05, 4.69) is 35.9 Å². The molecule has 3 nitrogen and oxygen atoms in total. The fourth-order valence-electron chi connectivity index (χ4n) is 4.84. The van der Waals surface area contributed by atoms with Crippen LogP contribution in [-0.4, -0.2) is 48.0 Å². The van der Waals surface area contributed by atoms with Crippen LogP contribution >= 0.6 is 11.8 Å². The normalized spacial score (nSPS) is 39.2. The third-order valence-corrected chi connectivity index (χ3v) is 7.32. The zero-order valence-electron chi connectivity index (χ0n) is 13.6. The van der Waals surface area contributed by atoms with Gasteiger partial charge in [-0.25, -0.2) is 0 Å². The van der Waals surface area contributed by atoms with Gasteiger partial charge in [0.1, 0.15) is 0 Å². The summed E-state index contributed by atoms with van der Waals surface area (Å²) in [5.41, 5.74) is -0.0665. The average Bonchev–Trinajstić information content (AvgIpc) is 3.13. The molecule has 1 amide bonds. The van der Waals surface area contributed by atoms with Crippen molar-refractivity contribution in [2.75, 3.05) is 25.9 Å². The van der Waals surface area contributed by atoms with E-state index in [4.69, 9.17) is 0 Å². The summed E-state index contributed by atoms with van der Waals surface area (Å²) >= 11 is 2.07. The van der Waals surface area contributed by atoms with Crippen LogP contribution < -0.4 is 5.32 Å². The van der Waals surface area contributed by atoms with Gasteiger partial charge in [0.05, 0.1) is 5.41 Å². The van der Waals surface area contributed by atoms with Crippen LogP contribution in [0.3, 0.4) is 0 Å². The molecule has 0 radical (unpaired) electrons. The van der Waals surface area contributed by atoms with E-state index < -0.39 is 0 Å². The summed E-state index contributed by atoms with van der Waals surface area (Å²) < 4.78 is 0. The highest BCUT2D eigenvalue weighted by atomic mass is 32.2. The third kappa shape index (κ3) is 2.86. The molecule has 0 aromatic heterocycles. The number of nitrogens with zero attached hydrogens (tertiary/aromatic N) is 1. The van der Waals surface area contributed by atoms with E-state index in [9.17, 15) is 4.79 Å². The molecule has 4 atom stereocenters.